The highest BCUT2D eigenvalue weighted by Gasteiger charge is 2.15. The monoisotopic (exact) mass is 394 g/mol. The van der Waals surface area contributed by atoms with E-state index in [1.807, 2.05) is 26.0 Å². The Balaban J connectivity index is 1.46. The summed E-state index contributed by atoms with van der Waals surface area (Å²) in [5.41, 5.74) is 4.77. The van der Waals surface area contributed by atoms with Crippen LogP contribution in [0.1, 0.15) is 27.3 Å². The molecule has 0 fully saturated rings. The summed E-state index contributed by atoms with van der Waals surface area (Å²) < 4.78 is 14.1. The predicted molar refractivity (Wildman–Crippen MR) is 109 cm³/mol. The SMILES string of the molecule is Cc1[nH]c2c(F)ccc(C)c2c1CCNC(=O)c1csc(-c2cccnc2)n1. The van der Waals surface area contributed by atoms with E-state index in [9.17, 15) is 9.18 Å². The minimum atomic E-state index is -0.260. The van der Waals surface area contributed by atoms with Crippen LogP contribution >= 0.6 is 11.3 Å². The maximum atomic E-state index is 14.1. The molecule has 5 nitrogen and oxygen atoms in total. The number of aromatic amines is 1. The fraction of sp³-hybridized carbons (Fsp3) is 0.190. The summed E-state index contributed by atoms with van der Waals surface area (Å²) in [6, 6.07) is 7.00. The van der Waals surface area contributed by atoms with E-state index in [-0.39, 0.29) is 11.7 Å². The summed E-state index contributed by atoms with van der Waals surface area (Å²) in [4.78, 5) is 24.0. The van der Waals surface area contributed by atoms with Crippen LogP contribution in [0.5, 0.6) is 0 Å². The van der Waals surface area contributed by atoms with Crippen LogP contribution in [-0.2, 0) is 6.42 Å². The standard InChI is InChI=1S/C21H19FN4OS/c1-12-5-6-16(22)19-18(12)15(13(2)25-19)7-9-24-20(27)17-11-28-21(26-17)14-4-3-8-23-10-14/h3-6,8,10-11,25H,7,9H2,1-2H3,(H,24,27). The van der Waals surface area contributed by atoms with Gasteiger partial charge in [0.2, 0.25) is 0 Å². The quantitative estimate of drug-likeness (QED) is 0.527. The molecule has 0 aliphatic carbocycles. The Bertz CT molecular complexity index is 1150. The molecule has 7 heteroatoms. The molecule has 0 spiro atoms. The van der Waals surface area contributed by atoms with Gasteiger partial charge in [-0.25, -0.2) is 9.37 Å². The molecule has 28 heavy (non-hydrogen) atoms. The lowest BCUT2D eigenvalue weighted by Gasteiger charge is -2.06. The van der Waals surface area contributed by atoms with Gasteiger partial charge < -0.3 is 10.3 Å². The van der Waals surface area contributed by atoms with Crippen LogP contribution in [0, 0.1) is 19.7 Å². The van der Waals surface area contributed by atoms with Crippen molar-refractivity contribution in [3.8, 4) is 10.6 Å². The molecule has 3 heterocycles. The second-order valence-corrected chi connectivity index (χ2v) is 7.49. The number of rotatable bonds is 5. The Morgan fingerprint density at radius 2 is 2.14 bits per heavy atom. The molecule has 0 unspecified atom stereocenters. The summed E-state index contributed by atoms with van der Waals surface area (Å²) >= 11 is 1.41. The van der Waals surface area contributed by atoms with Crippen molar-refractivity contribution in [3.05, 3.63) is 70.4 Å². The number of carbonyl (C=O) groups excluding carboxylic acids is 1. The van der Waals surface area contributed by atoms with Crippen LogP contribution in [-0.4, -0.2) is 27.4 Å². The highest BCUT2D eigenvalue weighted by Crippen LogP contribution is 2.28. The predicted octanol–water partition coefficient (Wildman–Crippen LogP) is 4.41. The second kappa shape index (κ2) is 7.52. The van der Waals surface area contributed by atoms with Crippen molar-refractivity contribution in [1.82, 2.24) is 20.3 Å². The Morgan fingerprint density at radius 3 is 2.93 bits per heavy atom. The molecule has 0 atom stereocenters. The number of nitrogens with one attached hydrogen (secondary N) is 2. The maximum Gasteiger partial charge on any atom is 0.270 e. The molecule has 1 amide bonds. The van der Waals surface area contributed by atoms with Crippen LogP contribution in [0.2, 0.25) is 0 Å². The topological polar surface area (TPSA) is 70.7 Å². The minimum absolute atomic E-state index is 0.216. The number of fused-ring (bicyclic) bond motifs is 1. The van der Waals surface area contributed by atoms with E-state index < -0.39 is 0 Å². The number of nitrogens with zero attached hydrogens (tertiary/aromatic N) is 2. The molecule has 4 rings (SSSR count). The molecule has 0 radical (unpaired) electrons. The molecule has 0 saturated heterocycles. The van der Waals surface area contributed by atoms with E-state index in [0.717, 1.165) is 32.8 Å². The molecule has 0 saturated carbocycles. The molecule has 142 valence electrons. The van der Waals surface area contributed by atoms with Crippen LogP contribution in [0.4, 0.5) is 4.39 Å². The summed E-state index contributed by atoms with van der Waals surface area (Å²) in [6.07, 6.45) is 4.04. The van der Waals surface area contributed by atoms with Crippen LogP contribution in [0.25, 0.3) is 21.5 Å². The molecule has 0 aliphatic rings. The molecular formula is C21H19FN4OS. The molecule has 2 N–H and O–H groups in total. The average molecular weight is 394 g/mol. The van der Waals surface area contributed by atoms with Crippen LogP contribution in [0.15, 0.2) is 42.0 Å². The van der Waals surface area contributed by atoms with Gasteiger partial charge in [0.15, 0.2) is 0 Å². The highest BCUT2D eigenvalue weighted by atomic mass is 32.1. The maximum absolute atomic E-state index is 14.1. The first-order valence-electron chi connectivity index (χ1n) is 8.95. The van der Waals surface area contributed by atoms with Crippen molar-refractivity contribution < 1.29 is 9.18 Å². The summed E-state index contributed by atoms with van der Waals surface area (Å²) in [5, 5.41) is 6.32. The summed E-state index contributed by atoms with van der Waals surface area (Å²) in [6.45, 7) is 4.34. The first kappa shape index (κ1) is 18.3. The Kier molecular flexibility index (Phi) is 4.92. The van der Waals surface area contributed by atoms with E-state index in [1.54, 1.807) is 23.8 Å². The van der Waals surface area contributed by atoms with Gasteiger partial charge in [0, 0.05) is 41.0 Å². The van der Waals surface area contributed by atoms with Crippen LogP contribution < -0.4 is 5.32 Å². The van der Waals surface area contributed by atoms with Gasteiger partial charge in [-0.2, -0.15) is 0 Å². The largest absolute Gasteiger partial charge is 0.356 e. The number of carbonyl (C=O) groups is 1. The number of hydrogen-bond donors (Lipinski definition) is 2. The van der Waals surface area contributed by atoms with Crippen molar-refractivity contribution in [1.29, 1.82) is 0 Å². The summed E-state index contributed by atoms with van der Waals surface area (Å²) in [7, 11) is 0. The van der Waals surface area contributed by atoms with E-state index >= 15 is 0 Å². The van der Waals surface area contributed by atoms with Crippen molar-refractivity contribution in [3.63, 3.8) is 0 Å². The number of benzene rings is 1. The van der Waals surface area contributed by atoms with Gasteiger partial charge in [0.1, 0.15) is 16.5 Å². The number of thiazole rings is 1. The molecule has 0 aliphatic heterocycles. The third-order valence-corrected chi connectivity index (χ3v) is 5.63. The number of aryl methyl sites for hydroxylation is 2. The fourth-order valence-corrected chi connectivity index (χ4v) is 4.14. The lowest BCUT2D eigenvalue weighted by Crippen LogP contribution is -2.26. The van der Waals surface area contributed by atoms with E-state index in [0.29, 0.717) is 24.2 Å². The first-order chi connectivity index (χ1) is 13.5. The zero-order valence-corrected chi connectivity index (χ0v) is 16.4. The van der Waals surface area contributed by atoms with Gasteiger partial charge in [-0.15, -0.1) is 11.3 Å². The second-order valence-electron chi connectivity index (χ2n) is 6.63. The lowest BCUT2D eigenvalue weighted by atomic mass is 10.0. The fourth-order valence-electron chi connectivity index (χ4n) is 3.35. The van der Waals surface area contributed by atoms with E-state index in [2.05, 4.69) is 20.3 Å². The Morgan fingerprint density at radius 1 is 1.29 bits per heavy atom. The smallest absolute Gasteiger partial charge is 0.270 e. The number of amides is 1. The number of aromatic nitrogens is 3. The average Bonchev–Trinajstić information content (AvgIpc) is 3.32. The number of halogens is 1. The van der Waals surface area contributed by atoms with E-state index in [1.165, 1.54) is 17.4 Å². The molecular weight excluding hydrogens is 375 g/mol. The van der Waals surface area contributed by atoms with Gasteiger partial charge in [0.25, 0.3) is 5.91 Å². The van der Waals surface area contributed by atoms with Crippen molar-refractivity contribution in [2.45, 2.75) is 20.3 Å². The summed E-state index contributed by atoms with van der Waals surface area (Å²) in [5.74, 6) is -0.476. The van der Waals surface area contributed by atoms with Gasteiger partial charge in [-0.3, -0.25) is 9.78 Å². The number of hydrogen-bond acceptors (Lipinski definition) is 4. The molecule has 4 aromatic rings. The Labute approximate surface area is 165 Å². The van der Waals surface area contributed by atoms with Gasteiger partial charge >= 0.3 is 0 Å². The number of H-pyrrole nitrogens is 1. The highest BCUT2D eigenvalue weighted by molar-refractivity contribution is 7.13. The third kappa shape index (κ3) is 3.41. The van der Waals surface area contributed by atoms with Gasteiger partial charge in [0.05, 0.1) is 5.52 Å². The Hall–Kier alpha value is -3.06. The first-order valence-corrected chi connectivity index (χ1v) is 9.83. The van der Waals surface area contributed by atoms with E-state index in [4.69, 9.17) is 0 Å². The number of pyridine rings is 1. The zero-order valence-electron chi connectivity index (χ0n) is 15.5. The normalized spacial score (nSPS) is 11.1. The molecule has 1 aromatic carbocycles. The minimum Gasteiger partial charge on any atom is -0.356 e. The van der Waals surface area contributed by atoms with Crippen LogP contribution in [0.3, 0.4) is 0 Å². The lowest BCUT2D eigenvalue weighted by molar-refractivity contribution is 0.0950. The zero-order chi connectivity index (χ0) is 19.7. The third-order valence-electron chi connectivity index (χ3n) is 4.74. The van der Waals surface area contributed by atoms with Gasteiger partial charge in [-0.05, 0) is 49.6 Å². The van der Waals surface area contributed by atoms with Crippen molar-refractivity contribution in [2.75, 3.05) is 6.54 Å². The van der Waals surface area contributed by atoms with Crippen molar-refractivity contribution in [2.24, 2.45) is 0 Å². The van der Waals surface area contributed by atoms with Crippen molar-refractivity contribution >= 4 is 28.1 Å². The molecule has 3 aromatic heterocycles. The van der Waals surface area contributed by atoms with Gasteiger partial charge in [-0.1, -0.05) is 6.07 Å². The molecule has 0 bridgehead atoms.